The lowest BCUT2D eigenvalue weighted by molar-refractivity contribution is 0.0697. The van der Waals surface area contributed by atoms with Gasteiger partial charge in [0.1, 0.15) is 5.58 Å². The monoisotopic (exact) mass is 331 g/mol. The molecule has 124 valence electrons. The molecule has 0 aliphatic heterocycles. The molecule has 0 saturated heterocycles. The standard InChI is InChI=1S/C21H17NO3/c1-12-7-8-13(2)20-16(12)11-19(25-20)18-10-9-17(22-18)14-5-3-4-6-15(14)21(23)24/h3-11,22H,1-2H3,(H,23,24). The van der Waals surface area contributed by atoms with E-state index in [4.69, 9.17) is 4.42 Å². The highest BCUT2D eigenvalue weighted by Gasteiger charge is 2.15. The summed E-state index contributed by atoms with van der Waals surface area (Å²) in [6.07, 6.45) is 0. The second-order valence-electron chi connectivity index (χ2n) is 6.19. The Morgan fingerprint density at radius 2 is 1.68 bits per heavy atom. The number of benzene rings is 2. The molecule has 2 N–H and O–H groups in total. The lowest BCUT2D eigenvalue weighted by Gasteiger charge is -2.03. The zero-order chi connectivity index (χ0) is 17.6. The molecule has 0 aliphatic carbocycles. The van der Waals surface area contributed by atoms with E-state index in [1.165, 1.54) is 5.56 Å². The minimum atomic E-state index is -0.943. The lowest BCUT2D eigenvalue weighted by atomic mass is 10.1. The summed E-state index contributed by atoms with van der Waals surface area (Å²) in [5, 5.41) is 10.5. The van der Waals surface area contributed by atoms with Gasteiger partial charge in [0.25, 0.3) is 0 Å². The topological polar surface area (TPSA) is 66.2 Å². The van der Waals surface area contributed by atoms with Crippen LogP contribution in [0.4, 0.5) is 0 Å². The van der Waals surface area contributed by atoms with E-state index in [2.05, 4.69) is 18.0 Å². The van der Waals surface area contributed by atoms with Crippen molar-refractivity contribution >= 4 is 16.9 Å². The van der Waals surface area contributed by atoms with Crippen LogP contribution >= 0.6 is 0 Å². The minimum absolute atomic E-state index is 0.271. The van der Waals surface area contributed by atoms with Gasteiger partial charge in [-0.25, -0.2) is 4.79 Å². The van der Waals surface area contributed by atoms with E-state index in [1.54, 1.807) is 18.2 Å². The zero-order valence-corrected chi connectivity index (χ0v) is 14.0. The Labute approximate surface area is 144 Å². The van der Waals surface area contributed by atoms with Crippen LogP contribution in [-0.2, 0) is 0 Å². The molecule has 0 saturated carbocycles. The molecule has 2 aromatic carbocycles. The molecule has 0 radical (unpaired) electrons. The van der Waals surface area contributed by atoms with E-state index in [-0.39, 0.29) is 5.56 Å². The van der Waals surface area contributed by atoms with E-state index < -0.39 is 5.97 Å². The molecule has 0 unspecified atom stereocenters. The lowest BCUT2D eigenvalue weighted by Crippen LogP contribution is -1.99. The van der Waals surface area contributed by atoms with Crippen LogP contribution < -0.4 is 0 Å². The van der Waals surface area contributed by atoms with Crippen LogP contribution in [0.15, 0.2) is 59.0 Å². The molecule has 0 amide bonds. The van der Waals surface area contributed by atoms with Gasteiger partial charge in [-0.15, -0.1) is 0 Å². The molecule has 25 heavy (non-hydrogen) atoms. The van der Waals surface area contributed by atoms with Crippen molar-refractivity contribution in [3.63, 3.8) is 0 Å². The van der Waals surface area contributed by atoms with Crippen molar-refractivity contribution in [3.05, 3.63) is 71.3 Å². The number of carboxylic acids is 1. The van der Waals surface area contributed by atoms with Gasteiger partial charge in [-0.1, -0.05) is 30.3 Å². The molecule has 4 nitrogen and oxygen atoms in total. The van der Waals surface area contributed by atoms with E-state index in [0.717, 1.165) is 33.7 Å². The predicted molar refractivity (Wildman–Crippen MR) is 97.9 cm³/mol. The molecule has 0 fully saturated rings. The summed E-state index contributed by atoms with van der Waals surface area (Å²) in [5.74, 6) is -0.201. The van der Waals surface area contributed by atoms with Crippen molar-refractivity contribution in [1.82, 2.24) is 4.98 Å². The highest BCUT2D eigenvalue weighted by molar-refractivity contribution is 5.96. The number of hydrogen-bond donors (Lipinski definition) is 2. The van der Waals surface area contributed by atoms with Gasteiger partial charge in [-0.05, 0) is 49.2 Å². The maximum Gasteiger partial charge on any atom is 0.336 e. The first-order chi connectivity index (χ1) is 12.0. The fourth-order valence-electron chi connectivity index (χ4n) is 3.13. The van der Waals surface area contributed by atoms with E-state index in [1.807, 2.05) is 37.3 Å². The Balaban J connectivity index is 1.82. The number of aromatic amines is 1. The summed E-state index contributed by atoms with van der Waals surface area (Å²) < 4.78 is 6.05. The summed E-state index contributed by atoms with van der Waals surface area (Å²) in [4.78, 5) is 14.7. The van der Waals surface area contributed by atoms with Crippen molar-refractivity contribution in [2.75, 3.05) is 0 Å². The first-order valence-corrected chi connectivity index (χ1v) is 8.06. The Kier molecular flexibility index (Phi) is 3.46. The van der Waals surface area contributed by atoms with Crippen LogP contribution in [0, 0.1) is 13.8 Å². The van der Waals surface area contributed by atoms with Crippen molar-refractivity contribution in [2.24, 2.45) is 0 Å². The number of fused-ring (bicyclic) bond motifs is 1. The molecular weight excluding hydrogens is 314 g/mol. The maximum absolute atomic E-state index is 11.4. The number of rotatable bonds is 3. The second-order valence-corrected chi connectivity index (χ2v) is 6.19. The minimum Gasteiger partial charge on any atom is -0.478 e. The average molecular weight is 331 g/mol. The number of aryl methyl sites for hydroxylation is 2. The first-order valence-electron chi connectivity index (χ1n) is 8.06. The number of H-pyrrole nitrogens is 1. The Morgan fingerprint density at radius 1 is 0.960 bits per heavy atom. The molecule has 2 aromatic heterocycles. The van der Waals surface area contributed by atoms with Crippen molar-refractivity contribution in [2.45, 2.75) is 13.8 Å². The number of nitrogens with one attached hydrogen (secondary N) is 1. The van der Waals surface area contributed by atoms with E-state index in [9.17, 15) is 9.90 Å². The van der Waals surface area contributed by atoms with Crippen molar-refractivity contribution in [3.8, 4) is 22.7 Å². The van der Waals surface area contributed by atoms with Crippen molar-refractivity contribution in [1.29, 1.82) is 0 Å². The third-order valence-electron chi connectivity index (χ3n) is 4.50. The quantitative estimate of drug-likeness (QED) is 0.527. The number of carboxylic acid groups (broad SMARTS) is 1. The molecule has 0 spiro atoms. The number of carbonyl (C=O) groups is 1. The van der Waals surface area contributed by atoms with Gasteiger partial charge in [-0.3, -0.25) is 0 Å². The summed E-state index contributed by atoms with van der Waals surface area (Å²) in [6.45, 7) is 4.09. The molecule has 0 atom stereocenters. The Morgan fingerprint density at radius 3 is 2.44 bits per heavy atom. The normalized spacial score (nSPS) is 11.1. The van der Waals surface area contributed by atoms with Crippen LogP contribution in [0.3, 0.4) is 0 Å². The van der Waals surface area contributed by atoms with Crippen LogP contribution in [0.5, 0.6) is 0 Å². The average Bonchev–Trinajstić information content (AvgIpc) is 3.25. The molecule has 4 heteroatoms. The third kappa shape index (κ3) is 2.52. The maximum atomic E-state index is 11.4. The number of aromatic carboxylic acids is 1. The van der Waals surface area contributed by atoms with Gasteiger partial charge in [0.15, 0.2) is 5.76 Å². The highest BCUT2D eigenvalue weighted by Crippen LogP contribution is 2.33. The molecular formula is C21H17NO3. The Bertz CT molecular complexity index is 1060. The Hall–Kier alpha value is -3.27. The van der Waals surface area contributed by atoms with Crippen LogP contribution in [0.1, 0.15) is 21.5 Å². The molecule has 2 heterocycles. The number of hydrogen-bond acceptors (Lipinski definition) is 2. The van der Waals surface area contributed by atoms with Crippen molar-refractivity contribution < 1.29 is 14.3 Å². The SMILES string of the molecule is Cc1ccc(C)c2oc(-c3ccc(-c4ccccc4C(=O)O)[nH]3)cc12. The van der Waals surface area contributed by atoms with Crippen LogP contribution in [0.25, 0.3) is 33.7 Å². The van der Waals surface area contributed by atoms with Gasteiger partial charge in [0.05, 0.1) is 11.3 Å². The third-order valence-corrected chi connectivity index (χ3v) is 4.50. The summed E-state index contributed by atoms with van der Waals surface area (Å²) in [6, 6.07) is 16.9. The van der Waals surface area contributed by atoms with Gasteiger partial charge in [0.2, 0.25) is 0 Å². The van der Waals surface area contributed by atoms with Gasteiger partial charge in [-0.2, -0.15) is 0 Å². The van der Waals surface area contributed by atoms with Crippen LogP contribution in [0.2, 0.25) is 0 Å². The molecule has 4 rings (SSSR count). The smallest absolute Gasteiger partial charge is 0.336 e. The summed E-state index contributed by atoms with van der Waals surface area (Å²) >= 11 is 0. The fraction of sp³-hybridized carbons (Fsp3) is 0.0952. The summed E-state index contributed by atoms with van der Waals surface area (Å²) in [7, 11) is 0. The van der Waals surface area contributed by atoms with Gasteiger partial charge >= 0.3 is 5.97 Å². The fourth-order valence-corrected chi connectivity index (χ4v) is 3.13. The summed E-state index contributed by atoms with van der Waals surface area (Å²) in [5.41, 5.74) is 5.65. The largest absolute Gasteiger partial charge is 0.478 e. The molecule has 0 bridgehead atoms. The highest BCUT2D eigenvalue weighted by atomic mass is 16.4. The predicted octanol–water partition coefficient (Wildman–Crippen LogP) is 5.41. The van der Waals surface area contributed by atoms with Gasteiger partial charge < -0.3 is 14.5 Å². The zero-order valence-electron chi connectivity index (χ0n) is 14.0. The van der Waals surface area contributed by atoms with E-state index in [0.29, 0.717) is 5.56 Å². The van der Waals surface area contributed by atoms with Crippen LogP contribution in [-0.4, -0.2) is 16.1 Å². The number of furan rings is 1. The first kappa shape index (κ1) is 15.3. The second kappa shape index (κ2) is 5.67. The molecule has 0 aliphatic rings. The number of aromatic nitrogens is 1. The molecule has 4 aromatic rings. The van der Waals surface area contributed by atoms with E-state index >= 15 is 0 Å². The van der Waals surface area contributed by atoms with Gasteiger partial charge in [0, 0.05) is 16.6 Å².